The van der Waals surface area contributed by atoms with Crippen LogP contribution in [0.1, 0.15) is 5.56 Å². The minimum absolute atomic E-state index is 0.262. The smallest absolute Gasteiger partial charge is 0.410 e. The molecule has 0 N–H and O–H groups in total. The second kappa shape index (κ2) is 5.17. The predicted molar refractivity (Wildman–Crippen MR) is 61.9 cm³/mol. The normalized spacial score (nSPS) is 14.1. The van der Waals surface area contributed by atoms with Crippen LogP contribution in [0.5, 0.6) is 0 Å². The van der Waals surface area contributed by atoms with Gasteiger partial charge in [0.2, 0.25) is 0 Å². The lowest BCUT2D eigenvalue weighted by Gasteiger charge is -2.15. The second-order valence-corrected chi connectivity index (χ2v) is 3.76. The van der Waals surface area contributed by atoms with Gasteiger partial charge in [-0.3, -0.25) is 4.90 Å². The van der Waals surface area contributed by atoms with Crippen molar-refractivity contribution in [1.82, 2.24) is 4.90 Å². The molecule has 1 aromatic rings. The van der Waals surface area contributed by atoms with Gasteiger partial charge in [0.25, 0.3) is 0 Å². The van der Waals surface area contributed by atoms with E-state index in [1.807, 2.05) is 36.4 Å². The van der Waals surface area contributed by atoms with Crippen molar-refractivity contribution < 1.29 is 9.53 Å². The highest BCUT2D eigenvalue weighted by Gasteiger charge is 2.20. The van der Waals surface area contributed by atoms with Crippen LogP contribution < -0.4 is 0 Å². The van der Waals surface area contributed by atoms with Crippen LogP contribution in [-0.2, 0) is 11.3 Å². The van der Waals surface area contributed by atoms with Crippen LogP contribution in [0.3, 0.4) is 0 Å². The summed E-state index contributed by atoms with van der Waals surface area (Å²) in [5.74, 6) is 0. The summed E-state index contributed by atoms with van der Waals surface area (Å²) in [5.41, 5.74) is 1.56. The Morgan fingerprint density at radius 3 is 2.82 bits per heavy atom. The predicted octanol–water partition coefficient (Wildman–Crippen LogP) is 2.09. The number of nitrogens with zero attached hydrogens (tertiary/aromatic N) is 2. The van der Waals surface area contributed by atoms with E-state index < -0.39 is 0 Å². The van der Waals surface area contributed by atoms with Crippen LogP contribution in [0.25, 0.3) is 0 Å². The van der Waals surface area contributed by atoms with Crippen molar-refractivity contribution in [2.45, 2.75) is 6.61 Å². The third-order valence-electron chi connectivity index (χ3n) is 2.53. The maximum absolute atomic E-state index is 11.6. The standard InChI is InChI=1S/C13H12N2O2/c14-8-12-6-7-15(9-12)13(16)17-10-11-4-2-1-3-5-11/h1-6H,7,9-10H2. The molecule has 2 rings (SSSR count). The number of hydrogen-bond donors (Lipinski definition) is 0. The fraction of sp³-hybridized carbons (Fsp3) is 0.231. The molecule has 4 heteroatoms. The highest BCUT2D eigenvalue weighted by molar-refractivity contribution is 5.69. The first kappa shape index (κ1) is 11.2. The molecule has 0 aliphatic carbocycles. The topological polar surface area (TPSA) is 53.3 Å². The Labute approximate surface area is 99.7 Å². The van der Waals surface area contributed by atoms with E-state index in [1.54, 1.807) is 6.08 Å². The average molecular weight is 228 g/mol. The van der Waals surface area contributed by atoms with Gasteiger partial charge in [0.1, 0.15) is 6.61 Å². The first-order valence-corrected chi connectivity index (χ1v) is 5.34. The zero-order chi connectivity index (χ0) is 12.1. The largest absolute Gasteiger partial charge is 0.445 e. The number of rotatable bonds is 2. The summed E-state index contributed by atoms with van der Waals surface area (Å²) in [6.07, 6.45) is 1.36. The van der Waals surface area contributed by atoms with Gasteiger partial charge in [-0.05, 0) is 11.6 Å². The molecule has 0 unspecified atom stereocenters. The summed E-state index contributed by atoms with van der Waals surface area (Å²) < 4.78 is 5.15. The van der Waals surface area contributed by atoms with Gasteiger partial charge in [0, 0.05) is 12.1 Å². The monoisotopic (exact) mass is 228 g/mol. The summed E-state index contributed by atoms with van der Waals surface area (Å²) >= 11 is 0. The molecule has 0 radical (unpaired) electrons. The molecule has 1 aliphatic heterocycles. The van der Waals surface area contributed by atoms with Crippen molar-refractivity contribution in [3.05, 3.63) is 47.5 Å². The minimum Gasteiger partial charge on any atom is -0.445 e. The Morgan fingerprint density at radius 2 is 2.18 bits per heavy atom. The summed E-state index contributed by atoms with van der Waals surface area (Å²) in [4.78, 5) is 13.1. The fourth-order valence-corrected chi connectivity index (χ4v) is 1.59. The van der Waals surface area contributed by atoms with Gasteiger partial charge < -0.3 is 4.74 Å². The molecule has 4 nitrogen and oxygen atoms in total. The minimum atomic E-state index is -0.379. The van der Waals surface area contributed by atoms with Crippen molar-refractivity contribution in [1.29, 1.82) is 5.26 Å². The molecule has 0 spiro atoms. The van der Waals surface area contributed by atoms with E-state index in [1.165, 1.54) is 4.90 Å². The molecule has 0 bridgehead atoms. The van der Waals surface area contributed by atoms with E-state index >= 15 is 0 Å². The van der Waals surface area contributed by atoms with Crippen LogP contribution in [0.15, 0.2) is 42.0 Å². The number of hydrogen-bond acceptors (Lipinski definition) is 3. The SMILES string of the molecule is N#CC1=CCN(C(=O)OCc2ccccc2)C1. The lowest BCUT2D eigenvalue weighted by atomic mass is 10.2. The first-order valence-electron chi connectivity index (χ1n) is 5.34. The Balaban J connectivity index is 1.82. The number of benzene rings is 1. The van der Waals surface area contributed by atoms with Crippen LogP contribution in [-0.4, -0.2) is 24.1 Å². The first-order chi connectivity index (χ1) is 8.29. The van der Waals surface area contributed by atoms with E-state index in [4.69, 9.17) is 10.00 Å². The van der Waals surface area contributed by atoms with E-state index in [2.05, 4.69) is 0 Å². The molecular formula is C13H12N2O2. The van der Waals surface area contributed by atoms with Crippen LogP contribution >= 0.6 is 0 Å². The molecular weight excluding hydrogens is 216 g/mol. The molecule has 0 fully saturated rings. The Morgan fingerprint density at radius 1 is 1.41 bits per heavy atom. The highest BCUT2D eigenvalue weighted by Crippen LogP contribution is 2.10. The maximum atomic E-state index is 11.6. The summed E-state index contributed by atoms with van der Waals surface area (Å²) in [7, 11) is 0. The Bertz CT molecular complexity index is 474. The number of carbonyl (C=O) groups is 1. The molecule has 1 amide bonds. The molecule has 17 heavy (non-hydrogen) atoms. The average Bonchev–Trinajstić information content (AvgIpc) is 2.86. The van der Waals surface area contributed by atoms with Gasteiger partial charge in [-0.1, -0.05) is 30.3 Å². The number of amides is 1. The van der Waals surface area contributed by atoms with Gasteiger partial charge in [-0.2, -0.15) is 5.26 Å². The third-order valence-corrected chi connectivity index (χ3v) is 2.53. The van der Waals surface area contributed by atoms with Crippen molar-refractivity contribution >= 4 is 6.09 Å². The molecule has 0 aromatic heterocycles. The molecule has 0 saturated heterocycles. The summed E-state index contributed by atoms with van der Waals surface area (Å²) in [6, 6.07) is 11.5. The van der Waals surface area contributed by atoms with Crippen molar-refractivity contribution in [3.8, 4) is 6.07 Å². The van der Waals surface area contributed by atoms with E-state index in [0.29, 0.717) is 18.7 Å². The highest BCUT2D eigenvalue weighted by atomic mass is 16.6. The molecule has 0 saturated carbocycles. The van der Waals surface area contributed by atoms with Crippen molar-refractivity contribution in [3.63, 3.8) is 0 Å². The van der Waals surface area contributed by atoms with Crippen LogP contribution in [0.2, 0.25) is 0 Å². The number of carbonyl (C=O) groups excluding carboxylic acids is 1. The third kappa shape index (κ3) is 2.85. The van der Waals surface area contributed by atoms with Crippen LogP contribution in [0, 0.1) is 11.3 Å². The van der Waals surface area contributed by atoms with E-state index in [9.17, 15) is 4.79 Å². The molecule has 1 heterocycles. The quantitative estimate of drug-likeness (QED) is 0.778. The van der Waals surface area contributed by atoms with Crippen LogP contribution in [0.4, 0.5) is 4.79 Å². The second-order valence-electron chi connectivity index (χ2n) is 3.76. The van der Waals surface area contributed by atoms with Crippen molar-refractivity contribution in [2.75, 3.05) is 13.1 Å². The zero-order valence-electron chi connectivity index (χ0n) is 9.30. The fourth-order valence-electron chi connectivity index (χ4n) is 1.59. The molecule has 86 valence electrons. The van der Waals surface area contributed by atoms with E-state index in [-0.39, 0.29) is 12.7 Å². The Hall–Kier alpha value is -2.28. The van der Waals surface area contributed by atoms with Gasteiger partial charge >= 0.3 is 6.09 Å². The van der Waals surface area contributed by atoms with Crippen molar-refractivity contribution in [2.24, 2.45) is 0 Å². The van der Waals surface area contributed by atoms with Gasteiger partial charge in [0.15, 0.2) is 0 Å². The zero-order valence-corrected chi connectivity index (χ0v) is 9.30. The summed E-state index contributed by atoms with van der Waals surface area (Å²) in [5, 5.41) is 8.68. The summed E-state index contributed by atoms with van der Waals surface area (Å²) in [6.45, 7) is 1.07. The lowest BCUT2D eigenvalue weighted by Crippen LogP contribution is -2.29. The molecule has 1 aromatic carbocycles. The van der Waals surface area contributed by atoms with E-state index in [0.717, 1.165) is 5.56 Å². The molecule has 0 atom stereocenters. The number of ether oxygens (including phenoxy) is 1. The van der Waals surface area contributed by atoms with Gasteiger partial charge in [-0.15, -0.1) is 0 Å². The Kier molecular flexibility index (Phi) is 3.41. The van der Waals surface area contributed by atoms with Gasteiger partial charge in [-0.25, -0.2) is 4.79 Å². The lowest BCUT2D eigenvalue weighted by molar-refractivity contribution is 0.105. The molecule has 1 aliphatic rings. The maximum Gasteiger partial charge on any atom is 0.410 e. The number of nitriles is 1. The van der Waals surface area contributed by atoms with Gasteiger partial charge in [0.05, 0.1) is 12.6 Å².